The molecule has 0 fully saturated rings. The molecule has 1 rings (SSSR count). The second kappa shape index (κ2) is 4.01. The summed E-state index contributed by atoms with van der Waals surface area (Å²) in [6.07, 6.45) is -4.65. The van der Waals surface area contributed by atoms with Gasteiger partial charge in [0, 0.05) is 19.0 Å². The summed E-state index contributed by atoms with van der Waals surface area (Å²) >= 11 is 0. The molecular weight excluding hydrogens is 229 g/mol. The van der Waals surface area contributed by atoms with Gasteiger partial charge in [0.1, 0.15) is 0 Å². The van der Waals surface area contributed by atoms with Crippen LogP contribution in [0.4, 0.5) is 22.0 Å². The predicted octanol–water partition coefficient (Wildman–Crippen LogP) is 3.28. The molecule has 90 valence electrons. The molecule has 0 heterocycles. The van der Waals surface area contributed by atoms with E-state index < -0.39 is 23.2 Å². The van der Waals surface area contributed by atoms with Gasteiger partial charge in [-0.3, -0.25) is 0 Å². The van der Waals surface area contributed by atoms with Crippen molar-refractivity contribution in [1.29, 1.82) is 0 Å². The predicted molar refractivity (Wildman–Crippen MR) is 48.9 cm³/mol. The van der Waals surface area contributed by atoms with Crippen molar-refractivity contribution in [3.63, 3.8) is 0 Å². The van der Waals surface area contributed by atoms with E-state index in [0.29, 0.717) is 13.0 Å². The van der Waals surface area contributed by atoms with Crippen LogP contribution in [0.5, 0.6) is 0 Å². The molecule has 1 nitrogen and oxygen atoms in total. The lowest BCUT2D eigenvalue weighted by molar-refractivity contribution is -0.137. The molecule has 0 bridgehead atoms. The zero-order valence-corrected chi connectivity index (χ0v) is 8.41. The summed E-state index contributed by atoms with van der Waals surface area (Å²) in [4.78, 5) is 0. The van der Waals surface area contributed by atoms with Gasteiger partial charge in [-0.2, -0.15) is 13.2 Å². The first-order valence-electron chi connectivity index (χ1n) is 4.44. The Balaban J connectivity index is 3.33. The maximum absolute atomic E-state index is 12.9. The van der Waals surface area contributed by atoms with Crippen LogP contribution < -0.4 is 5.73 Å². The van der Waals surface area contributed by atoms with Gasteiger partial charge in [0.05, 0.1) is 5.56 Å². The van der Waals surface area contributed by atoms with Crippen LogP contribution in [-0.2, 0) is 18.6 Å². The van der Waals surface area contributed by atoms with E-state index in [0.717, 1.165) is 12.1 Å². The van der Waals surface area contributed by atoms with E-state index in [1.165, 1.54) is 0 Å². The molecule has 1 aromatic carbocycles. The highest BCUT2D eigenvalue weighted by Gasteiger charge is 2.34. The number of hydrogen-bond donors (Lipinski definition) is 1. The Morgan fingerprint density at radius 1 is 1.00 bits per heavy atom. The summed E-state index contributed by atoms with van der Waals surface area (Å²) in [5.41, 5.74) is 3.41. The Kier molecular flexibility index (Phi) is 3.23. The third kappa shape index (κ3) is 2.91. The monoisotopic (exact) mass is 239 g/mol. The molecule has 0 saturated heterocycles. The SMILES string of the molecule is CC(F)(F)c1cc(CN)cc(C(F)(F)F)c1. The Labute approximate surface area is 89.1 Å². The van der Waals surface area contributed by atoms with Crippen LogP contribution in [0.3, 0.4) is 0 Å². The first-order chi connectivity index (χ1) is 7.14. The molecule has 0 radical (unpaired) electrons. The minimum atomic E-state index is -4.65. The van der Waals surface area contributed by atoms with Crippen molar-refractivity contribution in [1.82, 2.24) is 0 Å². The van der Waals surface area contributed by atoms with Gasteiger partial charge in [-0.15, -0.1) is 0 Å². The number of benzene rings is 1. The van der Waals surface area contributed by atoms with Gasteiger partial charge in [0.25, 0.3) is 5.92 Å². The minimum Gasteiger partial charge on any atom is -0.326 e. The zero-order valence-electron chi connectivity index (χ0n) is 8.41. The summed E-state index contributed by atoms with van der Waals surface area (Å²) < 4.78 is 63.0. The molecule has 0 spiro atoms. The number of nitrogens with two attached hydrogens (primary N) is 1. The van der Waals surface area contributed by atoms with Gasteiger partial charge >= 0.3 is 6.18 Å². The van der Waals surface area contributed by atoms with Gasteiger partial charge in [-0.1, -0.05) is 0 Å². The summed E-state index contributed by atoms with van der Waals surface area (Å²) in [6, 6.07) is 2.20. The quantitative estimate of drug-likeness (QED) is 0.787. The van der Waals surface area contributed by atoms with Gasteiger partial charge in [-0.05, 0) is 23.8 Å². The van der Waals surface area contributed by atoms with Gasteiger partial charge in [-0.25, -0.2) is 8.78 Å². The highest BCUT2D eigenvalue weighted by molar-refractivity contribution is 5.34. The molecule has 0 saturated carbocycles. The third-order valence-corrected chi connectivity index (χ3v) is 2.06. The van der Waals surface area contributed by atoms with Crippen molar-refractivity contribution >= 4 is 0 Å². The second-order valence-electron chi connectivity index (χ2n) is 3.51. The topological polar surface area (TPSA) is 26.0 Å². The number of hydrogen-bond acceptors (Lipinski definition) is 1. The van der Waals surface area contributed by atoms with E-state index in [9.17, 15) is 22.0 Å². The zero-order chi connectivity index (χ0) is 12.6. The van der Waals surface area contributed by atoms with Crippen molar-refractivity contribution in [2.24, 2.45) is 5.73 Å². The standard InChI is InChI=1S/C10H10F5N/c1-9(11,12)7-2-6(5-16)3-8(4-7)10(13,14)15/h2-4H,5,16H2,1H3. The normalized spacial score (nSPS) is 12.9. The lowest BCUT2D eigenvalue weighted by Gasteiger charge is -2.15. The second-order valence-corrected chi connectivity index (χ2v) is 3.51. The van der Waals surface area contributed by atoms with Crippen LogP contribution in [0.15, 0.2) is 18.2 Å². The fraction of sp³-hybridized carbons (Fsp3) is 0.400. The van der Waals surface area contributed by atoms with Crippen molar-refractivity contribution in [2.75, 3.05) is 0 Å². The lowest BCUT2D eigenvalue weighted by Crippen LogP contribution is -2.13. The third-order valence-electron chi connectivity index (χ3n) is 2.06. The molecule has 6 heteroatoms. The molecule has 0 aliphatic rings. The number of alkyl halides is 5. The van der Waals surface area contributed by atoms with Crippen LogP contribution in [0.1, 0.15) is 23.6 Å². The fourth-order valence-corrected chi connectivity index (χ4v) is 1.23. The smallest absolute Gasteiger partial charge is 0.326 e. The van der Waals surface area contributed by atoms with Crippen LogP contribution in [0.25, 0.3) is 0 Å². The lowest BCUT2D eigenvalue weighted by atomic mass is 10.0. The largest absolute Gasteiger partial charge is 0.416 e. The highest BCUT2D eigenvalue weighted by Crippen LogP contribution is 2.35. The van der Waals surface area contributed by atoms with Gasteiger partial charge in [0.2, 0.25) is 0 Å². The van der Waals surface area contributed by atoms with Crippen LogP contribution >= 0.6 is 0 Å². The maximum atomic E-state index is 12.9. The minimum absolute atomic E-state index is 0.0337. The molecule has 0 aromatic heterocycles. The van der Waals surface area contributed by atoms with Crippen molar-refractivity contribution in [3.05, 3.63) is 34.9 Å². The first kappa shape index (κ1) is 12.9. The van der Waals surface area contributed by atoms with E-state index in [1.54, 1.807) is 0 Å². The summed E-state index contributed by atoms with van der Waals surface area (Å²) in [5.74, 6) is -3.31. The van der Waals surface area contributed by atoms with Crippen molar-refractivity contribution in [3.8, 4) is 0 Å². The van der Waals surface area contributed by atoms with Gasteiger partial charge < -0.3 is 5.73 Å². The average molecular weight is 239 g/mol. The molecule has 0 amide bonds. The molecule has 1 aromatic rings. The molecule has 0 aliphatic carbocycles. The first-order valence-corrected chi connectivity index (χ1v) is 4.44. The van der Waals surface area contributed by atoms with Crippen molar-refractivity contribution in [2.45, 2.75) is 25.6 Å². The Morgan fingerprint density at radius 2 is 1.50 bits per heavy atom. The maximum Gasteiger partial charge on any atom is 0.416 e. The fourth-order valence-electron chi connectivity index (χ4n) is 1.23. The average Bonchev–Trinajstić information content (AvgIpc) is 2.14. The van der Waals surface area contributed by atoms with E-state index in [4.69, 9.17) is 5.73 Å². The van der Waals surface area contributed by atoms with E-state index >= 15 is 0 Å². The molecular formula is C10H10F5N. The molecule has 0 unspecified atom stereocenters. The molecule has 16 heavy (non-hydrogen) atoms. The Morgan fingerprint density at radius 3 is 1.88 bits per heavy atom. The molecule has 0 aliphatic heterocycles. The number of rotatable bonds is 2. The highest BCUT2D eigenvalue weighted by atomic mass is 19.4. The van der Waals surface area contributed by atoms with Crippen LogP contribution in [0, 0.1) is 0 Å². The van der Waals surface area contributed by atoms with Crippen molar-refractivity contribution < 1.29 is 22.0 Å². The van der Waals surface area contributed by atoms with E-state index in [2.05, 4.69) is 0 Å². The van der Waals surface area contributed by atoms with E-state index in [1.807, 2.05) is 0 Å². The van der Waals surface area contributed by atoms with E-state index in [-0.39, 0.29) is 12.1 Å². The summed E-state index contributed by atoms with van der Waals surface area (Å²) in [5, 5.41) is 0. The number of halogens is 5. The molecule has 0 atom stereocenters. The van der Waals surface area contributed by atoms with Crippen LogP contribution in [-0.4, -0.2) is 0 Å². The molecule has 2 N–H and O–H groups in total. The van der Waals surface area contributed by atoms with Gasteiger partial charge in [0.15, 0.2) is 0 Å². The van der Waals surface area contributed by atoms with Crippen LogP contribution in [0.2, 0.25) is 0 Å². The summed E-state index contributed by atoms with van der Waals surface area (Å²) in [7, 11) is 0. The Bertz CT molecular complexity index is 346. The Hall–Kier alpha value is -1.17. The summed E-state index contributed by atoms with van der Waals surface area (Å²) in [6.45, 7) is 0.329.